The number of hydrogen-bond donors (Lipinski definition) is 1. The minimum absolute atomic E-state index is 0.138. The van der Waals surface area contributed by atoms with Gasteiger partial charge in [-0.1, -0.05) is 24.3 Å². The van der Waals surface area contributed by atoms with E-state index in [0.29, 0.717) is 31.2 Å². The lowest BCUT2D eigenvalue weighted by Crippen LogP contribution is -2.46. The molecular weight excluding hydrogens is 428 g/mol. The number of amides is 2. The summed E-state index contributed by atoms with van der Waals surface area (Å²) in [5.41, 5.74) is 4.97. The van der Waals surface area contributed by atoms with Crippen molar-refractivity contribution in [2.75, 3.05) is 13.7 Å². The molecular formula is C23H26N4O4S. The molecule has 2 amide bonds. The van der Waals surface area contributed by atoms with Gasteiger partial charge in [0.25, 0.3) is 5.88 Å². The SMILES string of the molecule is COc1cc(C(C)C(=O)N2CCCC2C(=O)NCc2ccc(-c3scnc3C)cc2)on1. The van der Waals surface area contributed by atoms with E-state index in [1.807, 2.05) is 36.7 Å². The van der Waals surface area contributed by atoms with E-state index < -0.39 is 12.0 Å². The lowest BCUT2D eigenvalue weighted by molar-refractivity contribution is -0.139. The first kappa shape index (κ1) is 22.0. The molecule has 1 fully saturated rings. The molecule has 2 aromatic heterocycles. The van der Waals surface area contributed by atoms with Crippen molar-refractivity contribution in [3.8, 4) is 16.3 Å². The maximum absolute atomic E-state index is 13.0. The van der Waals surface area contributed by atoms with Crippen LogP contribution < -0.4 is 10.1 Å². The predicted molar refractivity (Wildman–Crippen MR) is 120 cm³/mol. The Morgan fingerprint density at radius 3 is 2.78 bits per heavy atom. The second-order valence-electron chi connectivity index (χ2n) is 7.86. The summed E-state index contributed by atoms with van der Waals surface area (Å²) in [7, 11) is 1.49. The molecule has 8 nitrogen and oxygen atoms in total. The fourth-order valence-corrected chi connectivity index (χ4v) is 4.72. The molecule has 168 valence electrons. The maximum Gasteiger partial charge on any atom is 0.254 e. The lowest BCUT2D eigenvalue weighted by Gasteiger charge is -2.26. The van der Waals surface area contributed by atoms with Gasteiger partial charge in [-0.2, -0.15) is 0 Å². The van der Waals surface area contributed by atoms with Crippen LogP contribution in [0.4, 0.5) is 0 Å². The standard InChI is InChI=1S/C23H26N4O4S/c1-14(19-11-20(30-3)26-31-19)23(29)27-10-4-5-18(27)22(28)24-12-16-6-8-17(9-7-16)21-15(2)25-13-32-21/h6-9,11,13-14,18H,4-5,10,12H2,1-3H3,(H,24,28). The summed E-state index contributed by atoms with van der Waals surface area (Å²) < 4.78 is 10.2. The molecule has 32 heavy (non-hydrogen) atoms. The number of ether oxygens (including phenoxy) is 1. The Labute approximate surface area is 190 Å². The van der Waals surface area contributed by atoms with Crippen LogP contribution in [0, 0.1) is 6.92 Å². The van der Waals surface area contributed by atoms with Crippen molar-refractivity contribution in [1.82, 2.24) is 20.4 Å². The highest BCUT2D eigenvalue weighted by atomic mass is 32.1. The summed E-state index contributed by atoms with van der Waals surface area (Å²) in [5, 5.41) is 6.74. The number of methoxy groups -OCH3 is 1. The highest BCUT2D eigenvalue weighted by Gasteiger charge is 2.37. The Hall–Kier alpha value is -3.20. The maximum atomic E-state index is 13.0. The number of nitrogens with one attached hydrogen (secondary N) is 1. The summed E-state index contributed by atoms with van der Waals surface area (Å²) in [5.74, 6) is -0.0742. The molecule has 0 bridgehead atoms. The van der Waals surface area contributed by atoms with Crippen molar-refractivity contribution in [2.24, 2.45) is 0 Å². The molecule has 0 aliphatic carbocycles. The molecule has 2 unspecified atom stereocenters. The zero-order valence-electron chi connectivity index (χ0n) is 18.3. The van der Waals surface area contributed by atoms with Crippen LogP contribution in [0.25, 0.3) is 10.4 Å². The normalized spacial score (nSPS) is 16.7. The molecule has 1 saturated heterocycles. The molecule has 0 saturated carbocycles. The van der Waals surface area contributed by atoms with Gasteiger partial charge < -0.3 is 19.5 Å². The Bertz CT molecular complexity index is 1090. The molecule has 1 aliphatic heterocycles. The Morgan fingerprint density at radius 2 is 2.12 bits per heavy atom. The number of aryl methyl sites for hydroxylation is 1. The second kappa shape index (κ2) is 9.52. The number of nitrogens with zero attached hydrogens (tertiary/aromatic N) is 3. The quantitative estimate of drug-likeness (QED) is 0.587. The number of carbonyl (C=O) groups is 2. The molecule has 0 radical (unpaired) electrons. The zero-order valence-corrected chi connectivity index (χ0v) is 19.1. The van der Waals surface area contributed by atoms with Crippen LogP contribution in [0.15, 0.2) is 40.4 Å². The summed E-state index contributed by atoms with van der Waals surface area (Å²) >= 11 is 1.61. The van der Waals surface area contributed by atoms with E-state index >= 15 is 0 Å². The Kier molecular flexibility index (Phi) is 6.55. The topological polar surface area (TPSA) is 97.6 Å². The van der Waals surface area contributed by atoms with Crippen LogP contribution in [0.1, 0.15) is 42.7 Å². The number of likely N-dealkylation sites (tertiary alicyclic amines) is 1. The van der Waals surface area contributed by atoms with Gasteiger partial charge in [0, 0.05) is 19.2 Å². The van der Waals surface area contributed by atoms with Crippen molar-refractivity contribution in [2.45, 2.75) is 45.2 Å². The van der Waals surface area contributed by atoms with Crippen LogP contribution in [0.5, 0.6) is 5.88 Å². The number of rotatable bonds is 7. The number of benzene rings is 1. The average Bonchev–Trinajstić information content (AvgIpc) is 3.57. The Balaban J connectivity index is 1.36. The summed E-state index contributed by atoms with van der Waals surface area (Å²) in [6.07, 6.45) is 1.44. The highest BCUT2D eigenvalue weighted by Crippen LogP contribution is 2.28. The molecule has 4 rings (SSSR count). The molecule has 9 heteroatoms. The smallest absolute Gasteiger partial charge is 0.254 e. The van der Waals surface area contributed by atoms with Crippen LogP contribution in [-0.2, 0) is 16.1 Å². The highest BCUT2D eigenvalue weighted by molar-refractivity contribution is 7.13. The van der Waals surface area contributed by atoms with Gasteiger partial charge in [0.1, 0.15) is 6.04 Å². The average molecular weight is 455 g/mol. The fraction of sp³-hybridized carbons (Fsp3) is 0.391. The largest absolute Gasteiger partial charge is 0.479 e. The van der Waals surface area contributed by atoms with Crippen LogP contribution in [0.3, 0.4) is 0 Å². The van der Waals surface area contributed by atoms with Crippen molar-refractivity contribution >= 4 is 23.2 Å². The van der Waals surface area contributed by atoms with Crippen LogP contribution >= 0.6 is 11.3 Å². The fourth-order valence-electron chi connectivity index (χ4n) is 3.91. The second-order valence-corrected chi connectivity index (χ2v) is 8.72. The van der Waals surface area contributed by atoms with Crippen molar-refractivity contribution in [3.05, 3.63) is 52.9 Å². The van der Waals surface area contributed by atoms with E-state index in [4.69, 9.17) is 9.26 Å². The third-order valence-corrected chi connectivity index (χ3v) is 6.76. The number of aromatic nitrogens is 2. The van der Waals surface area contributed by atoms with Gasteiger partial charge in [-0.15, -0.1) is 11.3 Å². The number of carbonyl (C=O) groups excluding carboxylic acids is 2. The van der Waals surface area contributed by atoms with Crippen molar-refractivity contribution in [3.63, 3.8) is 0 Å². The van der Waals surface area contributed by atoms with Gasteiger partial charge in [-0.3, -0.25) is 9.59 Å². The minimum atomic E-state index is -0.539. The third-order valence-electron chi connectivity index (χ3n) is 5.78. The summed E-state index contributed by atoms with van der Waals surface area (Å²) in [4.78, 5) is 33.0. The van der Waals surface area contributed by atoms with Crippen LogP contribution in [0.2, 0.25) is 0 Å². The van der Waals surface area contributed by atoms with Gasteiger partial charge in [-0.05, 0) is 43.0 Å². The number of hydrogen-bond acceptors (Lipinski definition) is 7. The molecule has 0 spiro atoms. The predicted octanol–water partition coefficient (Wildman–Crippen LogP) is 3.53. The van der Waals surface area contributed by atoms with E-state index in [0.717, 1.165) is 28.1 Å². The lowest BCUT2D eigenvalue weighted by atomic mass is 10.1. The van der Waals surface area contributed by atoms with Gasteiger partial charge >= 0.3 is 0 Å². The molecule has 1 aromatic carbocycles. The molecule has 1 N–H and O–H groups in total. The van der Waals surface area contributed by atoms with E-state index in [-0.39, 0.29) is 11.8 Å². The van der Waals surface area contributed by atoms with Crippen LogP contribution in [-0.4, -0.2) is 46.6 Å². The third kappa shape index (κ3) is 4.52. The molecule has 2 atom stereocenters. The summed E-state index contributed by atoms with van der Waals surface area (Å²) in [6, 6.07) is 9.22. The number of thiazole rings is 1. The molecule has 3 heterocycles. The minimum Gasteiger partial charge on any atom is -0.479 e. The summed E-state index contributed by atoms with van der Waals surface area (Å²) in [6.45, 7) is 4.71. The zero-order chi connectivity index (χ0) is 22.7. The van der Waals surface area contributed by atoms with Gasteiger partial charge in [0.2, 0.25) is 11.8 Å². The monoisotopic (exact) mass is 454 g/mol. The van der Waals surface area contributed by atoms with E-state index in [9.17, 15) is 9.59 Å². The van der Waals surface area contributed by atoms with Gasteiger partial charge in [0.15, 0.2) is 5.76 Å². The molecule has 3 aromatic rings. The van der Waals surface area contributed by atoms with Gasteiger partial charge in [0.05, 0.1) is 29.1 Å². The van der Waals surface area contributed by atoms with Crippen molar-refractivity contribution < 1.29 is 18.8 Å². The first-order chi connectivity index (χ1) is 15.5. The first-order valence-corrected chi connectivity index (χ1v) is 11.4. The van der Waals surface area contributed by atoms with E-state index in [1.54, 1.807) is 29.2 Å². The first-order valence-electron chi connectivity index (χ1n) is 10.6. The van der Waals surface area contributed by atoms with E-state index in [2.05, 4.69) is 15.5 Å². The van der Waals surface area contributed by atoms with Crippen molar-refractivity contribution in [1.29, 1.82) is 0 Å². The Morgan fingerprint density at radius 1 is 1.34 bits per heavy atom. The molecule has 1 aliphatic rings. The van der Waals surface area contributed by atoms with E-state index in [1.165, 1.54) is 7.11 Å². The van der Waals surface area contributed by atoms with Gasteiger partial charge in [-0.25, -0.2) is 4.98 Å².